The summed E-state index contributed by atoms with van der Waals surface area (Å²) in [5.41, 5.74) is 4.68. The number of thioether (sulfide) groups is 1. The summed E-state index contributed by atoms with van der Waals surface area (Å²) in [4.78, 5) is 0. The zero-order chi connectivity index (χ0) is 13.1. The van der Waals surface area contributed by atoms with Gasteiger partial charge in [-0.2, -0.15) is 0 Å². The van der Waals surface area contributed by atoms with E-state index in [9.17, 15) is 0 Å². The van der Waals surface area contributed by atoms with Crippen LogP contribution in [-0.4, -0.2) is 23.7 Å². The van der Waals surface area contributed by atoms with Crippen LogP contribution in [0.25, 0.3) is 0 Å². The van der Waals surface area contributed by atoms with Crippen LogP contribution in [0.2, 0.25) is 0 Å². The Labute approximate surface area is 124 Å². The van der Waals surface area contributed by atoms with Gasteiger partial charge in [-0.1, -0.05) is 29.9 Å². The second kappa shape index (κ2) is 6.34. The van der Waals surface area contributed by atoms with E-state index in [1.165, 1.54) is 24.8 Å². The molecule has 2 heterocycles. The van der Waals surface area contributed by atoms with Gasteiger partial charge in [-0.3, -0.25) is 0 Å². The summed E-state index contributed by atoms with van der Waals surface area (Å²) in [7, 11) is 0. The third-order valence-corrected chi connectivity index (χ3v) is 5.39. The Kier molecular flexibility index (Phi) is 4.52. The molecule has 19 heavy (non-hydrogen) atoms. The molecule has 1 nitrogen and oxygen atoms in total. The molecule has 3 heteroatoms. The van der Waals surface area contributed by atoms with Gasteiger partial charge in [0.15, 0.2) is 0 Å². The Morgan fingerprint density at radius 1 is 1.26 bits per heavy atom. The number of nitrogens with one attached hydrogen (secondary N) is 1. The van der Waals surface area contributed by atoms with Gasteiger partial charge in [0.05, 0.1) is 5.38 Å². The highest BCUT2D eigenvalue weighted by molar-refractivity contribution is 8.03. The van der Waals surface area contributed by atoms with Crippen molar-refractivity contribution in [3.05, 3.63) is 46.4 Å². The molecule has 3 rings (SSSR count). The molecule has 0 saturated carbocycles. The molecule has 1 saturated heterocycles. The maximum Gasteiger partial charge on any atom is 0.0554 e. The van der Waals surface area contributed by atoms with Crippen molar-refractivity contribution in [1.29, 1.82) is 0 Å². The van der Waals surface area contributed by atoms with Gasteiger partial charge < -0.3 is 5.32 Å². The molecule has 0 spiro atoms. The maximum atomic E-state index is 6.16. The van der Waals surface area contributed by atoms with Crippen molar-refractivity contribution in [2.24, 2.45) is 0 Å². The van der Waals surface area contributed by atoms with Crippen LogP contribution in [0.1, 0.15) is 25.7 Å². The first kappa shape index (κ1) is 13.5. The highest BCUT2D eigenvalue weighted by atomic mass is 35.5. The van der Waals surface area contributed by atoms with E-state index in [-0.39, 0.29) is 5.38 Å². The average molecular weight is 294 g/mol. The molecule has 2 unspecified atom stereocenters. The van der Waals surface area contributed by atoms with Gasteiger partial charge >= 0.3 is 0 Å². The van der Waals surface area contributed by atoms with Gasteiger partial charge in [0.1, 0.15) is 0 Å². The number of piperidine rings is 1. The topological polar surface area (TPSA) is 12.0 Å². The smallest absolute Gasteiger partial charge is 0.0554 e. The number of rotatable bonds is 2. The molecule has 2 aliphatic heterocycles. The molecular weight excluding hydrogens is 274 g/mol. The Hall–Kier alpha value is -0.440. The van der Waals surface area contributed by atoms with Gasteiger partial charge in [0.2, 0.25) is 0 Å². The summed E-state index contributed by atoms with van der Waals surface area (Å²) in [6.45, 7) is 2.25. The number of hydrogen-bond donors (Lipinski definition) is 1. The second-order valence-electron chi connectivity index (χ2n) is 5.27. The van der Waals surface area contributed by atoms with Crippen LogP contribution in [0.3, 0.4) is 0 Å². The zero-order valence-corrected chi connectivity index (χ0v) is 12.6. The van der Waals surface area contributed by atoms with Crippen molar-refractivity contribution >= 4 is 23.4 Å². The Morgan fingerprint density at radius 3 is 2.74 bits per heavy atom. The van der Waals surface area contributed by atoms with E-state index < -0.39 is 0 Å². The van der Waals surface area contributed by atoms with Crippen molar-refractivity contribution in [3.63, 3.8) is 0 Å². The predicted octanol–water partition coefficient (Wildman–Crippen LogP) is 4.18. The summed E-state index contributed by atoms with van der Waals surface area (Å²) in [6, 6.07) is 0. The number of alkyl halides is 1. The lowest BCUT2D eigenvalue weighted by atomic mass is 9.88. The number of hydrogen-bond acceptors (Lipinski definition) is 2. The van der Waals surface area contributed by atoms with Gasteiger partial charge in [-0.25, -0.2) is 0 Å². The molecule has 0 aromatic heterocycles. The van der Waals surface area contributed by atoms with Gasteiger partial charge in [-0.05, 0) is 55.3 Å². The van der Waals surface area contributed by atoms with Crippen LogP contribution in [0.5, 0.6) is 0 Å². The zero-order valence-electron chi connectivity index (χ0n) is 11.1. The molecule has 3 aliphatic rings. The van der Waals surface area contributed by atoms with Crippen LogP contribution >= 0.6 is 23.4 Å². The van der Waals surface area contributed by atoms with E-state index in [1.54, 1.807) is 11.1 Å². The van der Waals surface area contributed by atoms with E-state index in [2.05, 4.69) is 35.0 Å². The van der Waals surface area contributed by atoms with Crippen LogP contribution in [0, 0.1) is 0 Å². The fourth-order valence-corrected chi connectivity index (χ4v) is 4.22. The molecule has 0 radical (unpaired) electrons. The first-order valence-corrected chi connectivity index (χ1v) is 8.48. The monoisotopic (exact) mass is 293 g/mol. The van der Waals surface area contributed by atoms with Gasteiger partial charge in [0.25, 0.3) is 0 Å². The largest absolute Gasteiger partial charge is 0.316 e. The minimum Gasteiger partial charge on any atom is -0.316 e. The standard InChI is InChI=1S/C16H20ClNS/c17-14-5-3-12(4-6-14)16(15-2-1-11-19-15)13-7-9-18-10-8-13/h1,3-5,11,14-15,18H,2,6-10H2. The highest BCUT2D eigenvalue weighted by Crippen LogP contribution is 2.39. The quantitative estimate of drug-likeness (QED) is 0.767. The minimum absolute atomic E-state index is 0.178. The molecule has 1 fully saturated rings. The maximum absolute atomic E-state index is 6.16. The summed E-state index contributed by atoms with van der Waals surface area (Å²) in [6.07, 6.45) is 13.6. The molecule has 0 aromatic carbocycles. The third kappa shape index (κ3) is 3.18. The molecule has 2 atom stereocenters. The van der Waals surface area contributed by atoms with Crippen molar-refractivity contribution < 1.29 is 0 Å². The molecular formula is C16H20ClNS. The van der Waals surface area contributed by atoms with Crippen molar-refractivity contribution in [1.82, 2.24) is 5.32 Å². The minimum atomic E-state index is 0.178. The first-order valence-electron chi connectivity index (χ1n) is 7.10. The predicted molar refractivity (Wildman–Crippen MR) is 85.7 cm³/mol. The van der Waals surface area contributed by atoms with E-state index in [0.717, 1.165) is 19.5 Å². The number of halogens is 1. The van der Waals surface area contributed by atoms with E-state index in [4.69, 9.17) is 11.6 Å². The van der Waals surface area contributed by atoms with Crippen LogP contribution in [-0.2, 0) is 0 Å². The van der Waals surface area contributed by atoms with Crippen LogP contribution in [0.15, 0.2) is 46.4 Å². The lowest BCUT2D eigenvalue weighted by molar-refractivity contribution is 0.603. The Bertz CT molecular complexity index is 445. The van der Waals surface area contributed by atoms with Gasteiger partial charge in [-0.15, -0.1) is 23.4 Å². The summed E-state index contributed by atoms with van der Waals surface area (Å²) >= 11 is 8.13. The second-order valence-corrected chi connectivity index (χ2v) is 6.94. The highest BCUT2D eigenvalue weighted by Gasteiger charge is 2.24. The summed E-state index contributed by atoms with van der Waals surface area (Å²) in [5, 5.41) is 6.51. The van der Waals surface area contributed by atoms with Crippen molar-refractivity contribution in [3.8, 4) is 0 Å². The summed E-state index contributed by atoms with van der Waals surface area (Å²) in [5.74, 6) is 0. The average Bonchev–Trinajstić information content (AvgIpc) is 2.96. The molecule has 0 bridgehead atoms. The fourth-order valence-electron chi connectivity index (χ4n) is 2.98. The summed E-state index contributed by atoms with van der Waals surface area (Å²) < 4.78 is 0. The molecule has 102 valence electrons. The lowest BCUT2D eigenvalue weighted by Gasteiger charge is -2.26. The molecule has 1 N–H and O–H groups in total. The van der Waals surface area contributed by atoms with E-state index >= 15 is 0 Å². The fraction of sp³-hybridized carbons (Fsp3) is 0.500. The molecule has 1 aliphatic carbocycles. The van der Waals surface area contributed by atoms with Crippen LogP contribution in [0.4, 0.5) is 0 Å². The van der Waals surface area contributed by atoms with E-state index in [0.29, 0.717) is 5.25 Å². The van der Waals surface area contributed by atoms with Crippen molar-refractivity contribution in [2.75, 3.05) is 13.1 Å². The van der Waals surface area contributed by atoms with Gasteiger partial charge in [0, 0.05) is 5.25 Å². The first-order chi connectivity index (χ1) is 9.34. The molecule has 0 amide bonds. The third-order valence-electron chi connectivity index (χ3n) is 3.96. The Balaban J connectivity index is 1.90. The van der Waals surface area contributed by atoms with E-state index in [1.807, 2.05) is 11.8 Å². The molecule has 0 aromatic rings. The normalized spacial score (nSPS) is 30.6. The SMILES string of the molecule is ClC1C=CC(C(=C2CCNCC2)C2CC=CS2)=CC1. The van der Waals surface area contributed by atoms with Crippen LogP contribution < -0.4 is 5.32 Å². The van der Waals surface area contributed by atoms with Crippen molar-refractivity contribution in [2.45, 2.75) is 36.3 Å². The Morgan fingerprint density at radius 2 is 2.11 bits per heavy atom. The lowest BCUT2D eigenvalue weighted by Crippen LogP contribution is -2.25. The number of allylic oxidation sites excluding steroid dienone is 5.